The Morgan fingerprint density at radius 3 is 2.30 bits per heavy atom. The predicted octanol–water partition coefficient (Wildman–Crippen LogP) is 1.86. The number of anilines is 1. The first-order chi connectivity index (χ1) is 9.13. The standard InChI is InChI=1S/C11H14N2O6S/c1-11(2,3)19-10(14)12(20(17)18)8-6-4-5-7-9(8)13(15)16/h4-7,20H,1-3H3. The number of carbonyl (C=O) groups is 1. The Labute approximate surface area is 117 Å². The Kier molecular flexibility index (Phi) is 4.66. The van der Waals surface area contributed by atoms with Crippen molar-refractivity contribution in [2.24, 2.45) is 0 Å². The van der Waals surface area contributed by atoms with Crippen LogP contribution in [0.2, 0.25) is 0 Å². The highest BCUT2D eigenvalue weighted by Gasteiger charge is 2.30. The van der Waals surface area contributed by atoms with E-state index in [9.17, 15) is 23.3 Å². The lowest BCUT2D eigenvalue weighted by Gasteiger charge is -2.23. The maximum absolute atomic E-state index is 11.9. The van der Waals surface area contributed by atoms with Crippen molar-refractivity contribution >= 4 is 28.4 Å². The molecule has 1 aromatic carbocycles. The molecule has 0 aromatic heterocycles. The van der Waals surface area contributed by atoms with Gasteiger partial charge in [-0.25, -0.2) is 13.2 Å². The summed E-state index contributed by atoms with van der Waals surface area (Å²) in [5.74, 6) is 0. The summed E-state index contributed by atoms with van der Waals surface area (Å²) in [4.78, 5) is 22.0. The lowest BCUT2D eigenvalue weighted by molar-refractivity contribution is -0.384. The number of nitro groups is 1. The first-order valence-electron chi connectivity index (χ1n) is 5.54. The summed E-state index contributed by atoms with van der Waals surface area (Å²) in [5.41, 5.74) is -1.79. The van der Waals surface area contributed by atoms with E-state index in [2.05, 4.69) is 0 Å². The van der Waals surface area contributed by atoms with E-state index in [0.717, 1.165) is 12.1 Å². The summed E-state index contributed by atoms with van der Waals surface area (Å²) < 4.78 is 27.7. The third-order valence-electron chi connectivity index (χ3n) is 2.04. The molecule has 1 rings (SSSR count). The molecule has 1 aromatic rings. The Balaban J connectivity index is 3.29. The number of rotatable bonds is 3. The Bertz CT molecular complexity index is 597. The fourth-order valence-electron chi connectivity index (χ4n) is 1.36. The molecule has 0 N–H and O–H groups in total. The average molecular weight is 302 g/mol. The van der Waals surface area contributed by atoms with Gasteiger partial charge in [0.1, 0.15) is 11.3 Å². The molecule has 110 valence electrons. The smallest absolute Gasteiger partial charge is 0.428 e. The molecule has 0 saturated heterocycles. The van der Waals surface area contributed by atoms with Gasteiger partial charge in [-0.2, -0.15) is 4.31 Å². The number of amides is 1. The van der Waals surface area contributed by atoms with E-state index >= 15 is 0 Å². The SMILES string of the molecule is CC(C)(C)OC(=O)N(c1ccccc1[N+](=O)[O-])[SH](=O)=O. The zero-order valence-corrected chi connectivity index (χ0v) is 12.0. The van der Waals surface area contributed by atoms with Crippen molar-refractivity contribution in [3.63, 3.8) is 0 Å². The molecule has 0 aliphatic rings. The molecule has 0 heterocycles. The minimum absolute atomic E-state index is 0.249. The fourth-order valence-corrected chi connectivity index (χ4v) is 1.88. The highest BCUT2D eigenvalue weighted by molar-refractivity contribution is 7.75. The molecule has 0 radical (unpaired) electrons. The number of nitro benzene ring substituents is 1. The molecule has 0 unspecified atom stereocenters. The van der Waals surface area contributed by atoms with Crippen LogP contribution >= 0.6 is 0 Å². The van der Waals surface area contributed by atoms with E-state index < -0.39 is 33.2 Å². The predicted molar refractivity (Wildman–Crippen MR) is 72.1 cm³/mol. The molecule has 9 heteroatoms. The largest absolute Gasteiger partial charge is 0.443 e. The number of hydrogen-bond acceptors (Lipinski definition) is 6. The number of nitrogens with zero attached hydrogens (tertiary/aromatic N) is 2. The first kappa shape index (κ1) is 15.9. The highest BCUT2D eigenvalue weighted by atomic mass is 32.2. The second-order valence-electron chi connectivity index (χ2n) is 4.78. The van der Waals surface area contributed by atoms with Gasteiger partial charge in [0.15, 0.2) is 0 Å². The highest BCUT2D eigenvalue weighted by Crippen LogP contribution is 2.29. The monoisotopic (exact) mass is 302 g/mol. The van der Waals surface area contributed by atoms with Crippen LogP contribution in [0.1, 0.15) is 20.8 Å². The van der Waals surface area contributed by atoms with Gasteiger partial charge in [0.25, 0.3) is 5.69 Å². The zero-order valence-electron chi connectivity index (χ0n) is 11.1. The van der Waals surface area contributed by atoms with Crippen LogP contribution in [0.25, 0.3) is 0 Å². The fraction of sp³-hybridized carbons (Fsp3) is 0.364. The maximum Gasteiger partial charge on any atom is 0.428 e. The topological polar surface area (TPSA) is 107 Å². The third-order valence-corrected chi connectivity index (χ3v) is 2.74. The summed E-state index contributed by atoms with van der Waals surface area (Å²) >= 11 is 0. The van der Waals surface area contributed by atoms with Gasteiger partial charge in [0.05, 0.1) is 4.92 Å². The van der Waals surface area contributed by atoms with Crippen LogP contribution in [-0.4, -0.2) is 25.0 Å². The van der Waals surface area contributed by atoms with E-state index in [-0.39, 0.29) is 9.99 Å². The summed E-state index contributed by atoms with van der Waals surface area (Å²) in [6.07, 6.45) is -1.19. The average Bonchev–Trinajstić information content (AvgIpc) is 2.26. The third kappa shape index (κ3) is 3.92. The molecular formula is C11H14N2O6S. The molecule has 1 amide bonds. The van der Waals surface area contributed by atoms with Crippen molar-refractivity contribution in [1.29, 1.82) is 0 Å². The van der Waals surface area contributed by atoms with Crippen LogP contribution in [0.3, 0.4) is 0 Å². The van der Waals surface area contributed by atoms with Crippen LogP contribution in [0.15, 0.2) is 24.3 Å². The maximum atomic E-state index is 11.9. The molecule has 0 aliphatic carbocycles. The van der Waals surface area contributed by atoms with E-state index in [0.29, 0.717) is 0 Å². The summed E-state index contributed by atoms with van der Waals surface area (Å²) in [7, 11) is -3.42. The lowest BCUT2D eigenvalue weighted by atomic mass is 10.2. The number of benzene rings is 1. The van der Waals surface area contributed by atoms with Crippen molar-refractivity contribution < 1.29 is 22.9 Å². The molecule has 0 aliphatic heterocycles. The first-order valence-corrected chi connectivity index (χ1v) is 6.67. The van der Waals surface area contributed by atoms with Gasteiger partial charge in [-0.05, 0) is 26.8 Å². The molecular weight excluding hydrogens is 288 g/mol. The Morgan fingerprint density at radius 1 is 1.30 bits per heavy atom. The van der Waals surface area contributed by atoms with Crippen LogP contribution in [0.4, 0.5) is 16.2 Å². The molecule has 0 fully saturated rings. The number of ether oxygens (including phenoxy) is 1. The Hall–Kier alpha value is -2.16. The van der Waals surface area contributed by atoms with Crippen LogP contribution in [0.5, 0.6) is 0 Å². The normalized spacial score (nSPS) is 11.2. The lowest BCUT2D eigenvalue weighted by Crippen LogP contribution is -2.36. The van der Waals surface area contributed by atoms with Crippen molar-refractivity contribution in [3.8, 4) is 0 Å². The van der Waals surface area contributed by atoms with E-state index in [4.69, 9.17) is 4.74 Å². The summed E-state index contributed by atoms with van der Waals surface area (Å²) in [6.45, 7) is 4.67. The van der Waals surface area contributed by atoms with E-state index in [1.807, 2.05) is 0 Å². The number of hydrogen-bond donors (Lipinski definition) is 1. The van der Waals surface area contributed by atoms with Crippen molar-refractivity contribution in [1.82, 2.24) is 0 Å². The van der Waals surface area contributed by atoms with E-state index in [1.54, 1.807) is 20.8 Å². The minimum atomic E-state index is -3.42. The number of para-hydroxylation sites is 2. The number of carbonyl (C=O) groups excluding carboxylic acids is 1. The zero-order chi connectivity index (χ0) is 15.5. The molecule has 0 atom stereocenters. The Morgan fingerprint density at radius 2 is 1.85 bits per heavy atom. The summed E-state index contributed by atoms with van der Waals surface area (Å²) in [6, 6.07) is 5.02. The molecule has 0 bridgehead atoms. The molecule has 20 heavy (non-hydrogen) atoms. The molecule has 0 spiro atoms. The second kappa shape index (κ2) is 5.87. The van der Waals surface area contributed by atoms with Crippen LogP contribution in [-0.2, 0) is 15.6 Å². The van der Waals surface area contributed by atoms with Gasteiger partial charge in [0.2, 0.25) is 10.9 Å². The van der Waals surface area contributed by atoms with Gasteiger partial charge >= 0.3 is 6.09 Å². The summed E-state index contributed by atoms with van der Waals surface area (Å²) in [5, 5.41) is 10.9. The van der Waals surface area contributed by atoms with Gasteiger partial charge in [-0.3, -0.25) is 10.1 Å². The quantitative estimate of drug-likeness (QED) is 0.519. The van der Waals surface area contributed by atoms with E-state index in [1.165, 1.54) is 12.1 Å². The van der Waals surface area contributed by atoms with Crippen molar-refractivity contribution in [2.45, 2.75) is 26.4 Å². The van der Waals surface area contributed by atoms with Crippen LogP contribution < -0.4 is 4.31 Å². The molecule has 8 nitrogen and oxygen atoms in total. The van der Waals surface area contributed by atoms with Crippen molar-refractivity contribution in [2.75, 3.05) is 4.31 Å². The van der Waals surface area contributed by atoms with Crippen LogP contribution in [0, 0.1) is 10.1 Å². The minimum Gasteiger partial charge on any atom is -0.443 e. The van der Waals surface area contributed by atoms with Crippen molar-refractivity contribution in [3.05, 3.63) is 34.4 Å². The second-order valence-corrected chi connectivity index (χ2v) is 5.65. The van der Waals surface area contributed by atoms with Gasteiger partial charge in [-0.15, -0.1) is 0 Å². The number of thiol groups is 1. The van der Waals surface area contributed by atoms with Gasteiger partial charge < -0.3 is 4.74 Å². The van der Waals surface area contributed by atoms with Gasteiger partial charge in [-0.1, -0.05) is 12.1 Å². The van der Waals surface area contributed by atoms with Gasteiger partial charge in [0, 0.05) is 6.07 Å². The molecule has 0 saturated carbocycles.